The Balaban J connectivity index is 3.21. The van der Waals surface area contributed by atoms with Gasteiger partial charge in [-0.15, -0.1) is 0 Å². The standard InChI is InChI=1S/C12H19N/c1-4-10-7-6-8-11(5-2)12(10)9(3)13/h6-9H,4-5,13H2,1-3H3. The monoisotopic (exact) mass is 177 g/mol. The molecule has 1 unspecified atom stereocenters. The molecule has 0 amide bonds. The van der Waals surface area contributed by atoms with Crippen molar-refractivity contribution in [3.63, 3.8) is 0 Å². The van der Waals surface area contributed by atoms with Gasteiger partial charge in [0.2, 0.25) is 0 Å². The lowest BCUT2D eigenvalue weighted by Crippen LogP contribution is -2.11. The van der Waals surface area contributed by atoms with Crippen molar-refractivity contribution in [2.75, 3.05) is 0 Å². The maximum Gasteiger partial charge on any atom is 0.0271 e. The molecule has 0 saturated heterocycles. The SMILES string of the molecule is CCc1cccc(CC)c1C(C)N. The molecule has 2 N–H and O–H groups in total. The molecule has 0 bridgehead atoms. The van der Waals surface area contributed by atoms with Crippen LogP contribution in [0.15, 0.2) is 18.2 Å². The van der Waals surface area contributed by atoms with E-state index in [1.54, 1.807) is 0 Å². The molecule has 0 radical (unpaired) electrons. The van der Waals surface area contributed by atoms with Gasteiger partial charge >= 0.3 is 0 Å². The second-order valence-electron chi connectivity index (χ2n) is 3.49. The highest BCUT2D eigenvalue weighted by molar-refractivity contribution is 5.37. The lowest BCUT2D eigenvalue weighted by Gasteiger charge is -2.15. The molecule has 0 aliphatic heterocycles. The summed E-state index contributed by atoms with van der Waals surface area (Å²) in [6.45, 7) is 6.43. The molecule has 72 valence electrons. The van der Waals surface area contributed by atoms with Crippen molar-refractivity contribution in [1.29, 1.82) is 0 Å². The third-order valence-corrected chi connectivity index (χ3v) is 2.50. The van der Waals surface area contributed by atoms with Gasteiger partial charge in [0, 0.05) is 6.04 Å². The number of rotatable bonds is 3. The van der Waals surface area contributed by atoms with Gasteiger partial charge < -0.3 is 5.73 Å². The Kier molecular flexibility index (Phi) is 3.49. The van der Waals surface area contributed by atoms with Crippen LogP contribution in [0.4, 0.5) is 0 Å². The molecule has 0 aromatic heterocycles. The molecule has 0 aliphatic carbocycles. The number of benzene rings is 1. The highest BCUT2D eigenvalue weighted by atomic mass is 14.6. The minimum absolute atomic E-state index is 0.158. The van der Waals surface area contributed by atoms with Gasteiger partial charge in [-0.25, -0.2) is 0 Å². The average Bonchev–Trinajstić information content (AvgIpc) is 2.16. The van der Waals surface area contributed by atoms with Gasteiger partial charge in [-0.3, -0.25) is 0 Å². The van der Waals surface area contributed by atoms with E-state index in [1.807, 2.05) is 0 Å². The van der Waals surface area contributed by atoms with Crippen molar-refractivity contribution in [2.45, 2.75) is 39.7 Å². The highest BCUT2D eigenvalue weighted by Gasteiger charge is 2.09. The number of aryl methyl sites for hydroxylation is 2. The summed E-state index contributed by atoms with van der Waals surface area (Å²) in [5.41, 5.74) is 10.1. The van der Waals surface area contributed by atoms with E-state index in [-0.39, 0.29) is 6.04 Å². The molecule has 0 saturated carbocycles. The Morgan fingerprint density at radius 1 is 1.15 bits per heavy atom. The molecule has 0 aliphatic rings. The van der Waals surface area contributed by atoms with Crippen LogP contribution in [-0.4, -0.2) is 0 Å². The van der Waals surface area contributed by atoms with E-state index in [4.69, 9.17) is 5.73 Å². The Labute approximate surface area is 81.0 Å². The normalized spacial score (nSPS) is 12.9. The van der Waals surface area contributed by atoms with E-state index >= 15 is 0 Å². The molecular weight excluding hydrogens is 158 g/mol. The fraction of sp³-hybridized carbons (Fsp3) is 0.500. The van der Waals surface area contributed by atoms with Gasteiger partial charge in [0.25, 0.3) is 0 Å². The van der Waals surface area contributed by atoms with Gasteiger partial charge in [0.15, 0.2) is 0 Å². The minimum Gasteiger partial charge on any atom is -0.324 e. The molecule has 13 heavy (non-hydrogen) atoms. The van der Waals surface area contributed by atoms with E-state index in [0.29, 0.717) is 0 Å². The maximum absolute atomic E-state index is 5.97. The zero-order valence-electron chi connectivity index (χ0n) is 8.80. The minimum atomic E-state index is 0.158. The van der Waals surface area contributed by atoms with Crippen LogP contribution in [-0.2, 0) is 12.8 Å². The van der Waals surface area contributed by atoms with Crippen LogP contribution >= 0.6 is 0 Å². The number of nitrogens with two attached hydrogens (primary N) is 1. The van der Waals surface area contributed by atoms with Crippen LogP contribution < -0.4 is 5.73 Å². The summed E-state index contributed by atoms with van der Waals surface area (Å²) in [7, 11) is 0. The molecule has 1 nitrogen and oxygen atoms in total. The third-order valence-electron chi connectivity index (χ3n) is 2.50. The summed E-state index contributed by atoms with van der Waals surface area (Å²) < 4.78 is 0. The molecule has 1 aromatic carbocycles. The highest BCUT2D eigenvalue weighted by Crippen LogP contribution is 2.21. The lowest BCUT2D eigenvalue weighted by molar-refractivity contribution is 0.784. The summed E-state index contributed by atoms with van der Waals surface area (Å²) in [6, 6.07) is 6.64. The summed E-state index contributed by atoms with van der Waals surface area (Å²) >= 11 is 0. The maximum atomic E-state index is 5.97. The molecule has 1 heteroatoms. The van der Waals surface area contributed by atoms with Crippen LogP contribution in [0.2, 0.25) is 0 Å². The first-order valence-corrected chi connectivity index (χ1v) is 5.06. The van der Waals surface area contributed by atoms with Crippen molar-refractivity contribution in [3.05, 3.63) is 34.9 Å². The summed E-state index contributed by atoms with van der Waals surface area (Å²) in [5.74, 6) is 0. The van der Waals surface area contributed by atoms with Crippen LogP contribution in [0.1, 0.15) is 43.5 Å². The predicted molar refractivity (Wildman–Crippen MR) is 57.8 cm³/mol. The summed E-state index contributed by atoms with van der Waals surface area (Å²) in [5, 5.41) is 0. The molecule has 0 fully saturated rings. The fourth-order valence-electron chi connectivity index (χ4n) is 1.87. The van der Waals surface area contributed by atoms with Crippen molar-refractivity contribution in [1.82, 2.24) is 0 Å². The van der Waals surface area contributed by atoms with Crippen LogP contribution in [0.3, 0.4) is 0 Å². The first-order chi connectivity index (χ1) is 6.20. The zero-order chi connectivity index (χ0) is 9.84. The Morgan fingerprint density at radius 2 is 1.62 bits per heavy atom. The number of hydrogen-bond acceptors (Lipinski definition) is 1. The Morgan fingerprint density at radius 3 is 1.92 bits per heavy atom. The average molecular weight is 177 g/mol. The first-order valence-electron chi connectivity index (χ1n) is 5.06. The van der Waals surface area contributed by atoms with Gasteiger partial charge in [-0.05, 0) is 36.5 Å². The fourth-order valence-corrected chi connectivity index (χ4v) is 1.87. The second kappa shape index (κ2) is 4.43. The quantitative estimate of drug-likeness (QED) is 0.755. The molecule has 0 heterocycles. The van der Waals surface area contributed by atoms with Crippen molar-refractivity contribution in [2.24, 2.45) is 5.73 Å². The van der Waals surface area contributed by atoms with Crippen molar-refractivity contribution >= 4 is 0 Å². The van der Waals surface area contributed by atoms with E-state index in [1.165, 1.54) is 16.7 Å². The predicted octanol–water partition coefficient (Wildman–Crippen LogP) is 2.83. The van der Waals surface area contributed by atoms with Crippen LogP contribution in [0, 0.1) is 0 Å². The molecule has 0 spiro atoms. The molecule has 1 rings (SSSR count). The number of hydrogen-bond donors (Lipinski definition) is 1. The van der Waals surface area contributed by atoms with Crippen molar-refractivity contribution < 1.29 is 0 Å². The Bertz CT molecular complexity index is 254. The van der Waals surface area contributed by atoms with Gasteiger partial charge in [-0.2, -0.15) is 0 Å². The molecule has 1 aromatic rings. The van der Waals surface area contributed by atoms with Gasteiger partial charge in [0.1, 0.15) is 0 Å². The smallest absolute Gasteiger partial charge is 0.0271 e. The van der Waals surface area contributed by atoms with E-state index in [9.17, 15) is 0 Å². The zero-order valence-corrected chi connectivity index (χ0v) is 8.80. The third kappa shape index (κ3) is 2.10. The largest absolute Gasteiger partial charge is 0.324 e. The molecular formula is C12H19N. The summed E-state index contributed by atoms with van der Waals surface area (Å²) in [6.07, 6.45) is 2.15. The van der Waals surface area contributed by atoms with E-state index in [0.717, 1.165) is 12.8 Å². The molecule has 1 atom stereocenters. The Hall–Kier alpha value is -0.820. The van der Waals surface area contributed by atoms with E-state index in [2.05, 4.69) is 39.0 Å². The van der Waals surface area contributed by atoms with Crippen molar-refractivity contribution in [3.8, 4) is 0 Å². The van der Waals surface area contributed by atoms with Crippen LogP contribution in [0.25, 0.3) is 0 Å². The van der Waals surface area contributed by atoms with Gasteiger partial charge in [0.05, 0.1) is 0 Å². The van der Waals surface area contributed by atoms with E-state index < -0.39 is 0 Å². The lowest BCUT2D eigenvalue weighted by atomic mass is 9.93. The van der Waals surface area contributed by atoms with Crippen LogP contribution in [0.5, 0.6) is 0 Å². The van der Waals surface area contributed by atoms with Gasteiger partial charge in [-0.1, -0.05) is 32.0 Å². The first kappa shape index (κ1) is 10.3. The second-order valence-corrected chi connectivity index (χ2v) is 3.49. The summed E-state index contributed by atoms with van der Waals surface area (Å²) in [4.78, 5) is 0. The topological polar surface area (TPSA) is 26.0 Å².